The zero-order chi connectivity index (χ0) is 33.5. The van der Waals surface area contributed by atoms with Crippen molar-refractivity contribution in [3.05, 3.63) is 52.6 Å². The van der Waals surface area contributed by atoms with Gasteiger partial charge in [-0.05, 0) is 96.8 Å². The Bertz CT molecular complexity index is 1500. The molecule has 0 spiro atoms. The summed E-state index contributed by atoms with van der Waals surface area (Å²) in [7, 11) is -0.568. The SMILES string of the molecule is CC(C)C[C@H](NC(=O)[C@H](CCCNC1NN1[N+](=O)[O-])NC(=O)CSc1ccc2ccccc2c1)B1O[C@@H]2C[C@@H]3C[C@@H](C3(C)C)[C@]2(C)O1. The van der Waals surface area contributed by atoms with Crippen molar-refractivity contribution in [3.8, 4) is 0 Å². The van der Waals surface area contributed by atoms with Crippen LogP contribution in [0.25, 0.3) is 10.8 Å². The van der Waals surface area contributed by atoms with Gasteiger partial charge < -0.3 is 19.9 Å². The van der Waals surface area contributed by atoms with Gasteiger partial charge in [0.25, 0.3) is 0 Å². The van der Waals surface area contributed by atoms with Crippen molar-refractivity contribution in [2.45, 2.75) is 102 Å². The van der Waals surface area contributed by atoms with E-state index in [0.717, 1.165) is 33.6 Å². The zero-order valence-electron chi connectivity index (χ0n) is 27.9. The summed E-state index contributed by atoms with van der Waals surface area (Å²) in [5.41, 5.74) is 2.43. The minimum atomic E-state index is -0.791. The third kappa shape index (κ3) is 7.26. The molecular weight excluding hydrogens is 619 g/mol. The Labute approximate surface area is 281 Å². The van der Waals surface area contributed by atoms with E-state index >= 15 is 0 Å². The number of hydrogen-bond acceptors (Lipinski definition) is 9. The highest BCUT2D eigenvalue weighted by Gasteiger charge is 2.68. The van der Waals surface area contributed by atoms with Crippen LogP contribution in [0.2, 0.25) is 0 Å². The van der Waals surface area contributed by atoms with Gasteiger partial charge in [-0.25, -0.2) is 10.1 Å². The minimum Gasteiger partial charge on any atom is -0.404 e. The number of nitro groups is 1. The van der Waals surface area contributed by atoms with Gasteiger partial charge in [-0.15, -0.1) is 17.2 Å². The standard InChI is InChI=1S/C33H47BN6O6S/c1-20(2)15-28(34-45-27-18-23-17-26(32(23,3)4)33(27,5)46-34)37-30(42)25(11-8-14-35-31-38-39(31)40(43)44)36-29(41)19-47-24-13-12-21-9-6-7-10-22(21)16-24/h6-7,9-10,12-13,16,20,23,25-28,31,35,38H,8,11,14-15,17-19H2,1-5H3,(H,36,41)(H,37,42)/t23-,25-,26-,27+,28-,31?,33-,39?/m0/s1. The largest absolute Gasteiger partial charge is 0.481 e. The van der Waals surface area contributed by atoms with E-state index in [9.17, 15) is 19.7 Å². The van der Waals surface area contributed by atoms with E-state index in [-0.39, 0.29) is 40.9 Å². The first-order valence-electron chi connectivity index (χ1n) is 16.8. The van der Waals surface area contributed by atoms with Crippen LogP contribution in [-0.4, -0.2) is 71.4 Å². The molecule has 2 bridgehead atoms. The van der Waals surface area contributed by atoms with Gasteiger partial charge in [-0.2, -0.15) is 0 Å². The number of thioether (sulfide) groups is 1. The summed E-state index contributed by atoms with van der Waals surface area (Å²) in [6, 6.07) is 13.4. The second-order valence-electron chi connectivity index (χ2n) is 14.7. The monoisotopic (exact) mass is 666 g/mol. The van der Waals surface area contributed by atoms with Gasteiger partial charge in [-0.1, -0.05) is 58.0 Å². The van der Waals surface area contributed by atoms with Crippen LogP contribution in [-0.2, 0) is 18.9 Å². The molecular formula is C33H47BN6O6S. The third-order valence-electron chi connectivity index (χ3n) is 10.7. The van der Waals surface area contributed by atoms with Crippen molar-refractivity contribution in [2.75, 3.05) is 12.3 Å². The van der Waals surface area contributed by atoms with Crippen LogP contribution in [0.5, 0.6) is 0 Å². The Morgan fingerprint density at radius 1 is 1.15 bits per heavy atom. The number of fused-ring (bicyclic) bond motifs is 1. The summed E-state index contributed by atoms with van der Waals surface area (Å²) < 4.78 is 13.3. The number of rotatable bonds is 15. The molecule has 7 atom stereocenters. The molecule has 14 heteroatoms. The summed E-state index contributed by atoms with van der Waals surface area (Å²) >= 11 is 1.42. The van der Waals surface area contributed by atoms with Crippen molar-refractivity contribution in [1.82, 2.24) is 26.5 Å². The summed E-state index contributed by atoms with van der Waals surface area (Å²) in [5.74, 6) is 0.563. The van der Waals surface area contributed by atoms with E-state index in [1.54, 1.807) is 0 Å². The fourth-order valence-electron chi connectivity index (χ4n) is 7.92. The van der Waals surface area contributed by atoms with E-state index in [4.69, 9.17) is 9.31 Å². The summed E-state index contributed by atoms with van der Waals surface area (Å²) in [4.78, 5) is 39.0. The first kappa shape index (κ1) is 34.0. The molecule has 0 aromatic heterocycles. The summed E-state index contributed by atoms with van der Waals surface area (Å²) in [6.45, 7) is 11.5. The molecule has 4 N–H and O–H groups in total. The Hall–Kier alpha value is -2.91. The van der Waals surface area contributed by atoms with Gasteiger partial charge in [-0.3, -0.25) is 14.9 Å². The summed E-state index contributed by atoms with van der Waals surface area (Å²) in [6.07, 6.45) is 3.10. The fourth-order valence-corrected chi connectivity index (χ4v) is 8.68. The maximum Gasteiger partial charge on any atom is 0.481 e. The van der Waals surface area contributed by atoms with Gasteiger partial charge in [0.2, 0.25) is 18.1 Å². The number of nitrogens with zero attached hydrogens (tertiary/aromatic N) is 2. The van der Waals surface area contributed by atoms with Crippen LogP contribution >= 0.6 is 11.8 Å². The number of carbonyl (C=O) groups is 2. The smallest absolute Gasteiger partial charge is 0.404 e. The number of hydrogen-bond donors (Lipinski definition) is 4. The van der Waals surface area contributed by atoms with Gasteiger partial charge in [0.15, 0.2) is 5.03 Å². The van der Waals surface area contributed by atoms with Crippen LogP contribution < -0.4 is 21.4 Å². The molecule has 5 fully saturated rings. The van der Waals surface area contributed by atoms with E-state index in [1.807, 2.05) is 30.3 Å². The highest BCUT2D eigenvalue weighted by molar-refractivity contribution is 8.00. The first-order chi connectivity index (χ1) is 22.3. The molecule has 2 aliphatic heterocycles. The van der Waals surface area contributed by atoms with Crippen molar-refractivity contribution in [1.29, 1.82) is 0 Å². The first-order valence-corrected chi connectivity index (χ1v) is 17.8. The van der Waals surface area contributed by atoms with Gasteiger partial charge in [0.05, 0.1) is 23.4 Å². The molecule has 2 saturated heterocycles. The van der Waals surface area contributed by atoms with Gasteiger partial charge in [0.1, 0.15) is 6.04 Å². The van der Waals surface area contributed by atoms with Crippen LogP contribution in [0.3, 0.4) is 0 Å². The Morgan fingerprint density at radius 2 is 1.91 bits per heavy atom. The van der Waals surface area contributed by atoms with Crippen molar-refractivity contribution in [2.24, 2.45) is 23.2 Å². The zero-order valence-corrected chi connectivity index (χ0v) is 28.7. The van der Waals surface area contributed by atoms with Crippen molar-refractivity contribution >= 4 is 41.5 Å². The number of hydrazine groups is 2. The Kier molecular flexibility index (Phi) is 9.79. The lowest BCUT2D eigenvalue weighted by atomic mass is 9.43. The lowest BCUT2D eigenvalue weighted by Gasteiger charge is -2.64. The number of benzene rings is 2. The Morgan fingerprint density at radius 3 is 2.62 bits per heavy atom. The van der Waals surface area contributed by atoms with E-state index in [2.05, 4.69) is 68.1 Å². The molecule has 2 heterocycles. The maximum absolute atomic E-state index is 13.9. The van der Waals surface area contributed by atoms with E-state index in [1.165, 1.54) is 11.8 Å². The van der Waals surface area contributed by atoms with Crippen LogP contribution in [0.4, 0.5) is 0 Å². The quantitative estimate of drug-likeness (QED) is 0.0550. The third-order valence-corrected chi connectivity index (χ3v) is 11.7. The molecule has 3 aliphatic carbocycles. The van der Waals surface area contributed by atoms with Crippen molar-refractivity contribution < 1.29 is 23.9 Å². The van der Waals surface area contributed by atoms with Gasteiger partial charge >= 0.3 is 7.12 Å². The molecule has 1 unspecified atom stereocenters. The van der Waals surface area contributed by atoms with E-state index in [0.29, 0.717) is 37.6 Å². The molecule has 12 nitrogen and oxygen atoms in total. The van der Waals surface area contributed by atoms with Crippen LogP contribution in [0.15, 0.2) is 47.4 Å². The van der Waals surface area contributed by atoms with E-state index < -0.39 is 30.1 Å². The molecule has 5 aliphatic rings. The minimum absolute atomic E-state index is 0.000639. The summed E-state index contributed by atoms with van der Waals surface area (Å²) in [5, 5.41) is 22.7. The lowest BCUT2D eigenvalue weighted by Crippen LogP contribution is -2.65. The maximum atomic E-state index is 13.9. The van der Waals surface area contributed by atoms with Crippen LogP contribution in [0.1, 0.15) is 66.7 Å². The second-order valence-corrected chi connectivity index (χ2v) is 15.8. The molecule has 2 aromatic carbocycles. The fraction of sp³-hybridized carbons (Fsp3) is 0.636. The molecule has 7 rings (SSSR count). The highest BCUT2D eigenvalue weighted by atomic mass is 32.2. The number of nitrogens with one attached hydrogen (secondary N) is 4. The number of amides is 2. The molecule has 3 saturated carbocycles. The van der Waals surface area contributed by atoms with Crippen molar-refractivity contribution in [3.63, 3.8) is 0 Å². The topological polar surface area (TPSA) is 157 Å². The Balaban J connectivity index is 1.10. The second kappa shape index (κ2) is 13.5. The van der Waals surface area contributed by atoms with Gasteiger partial charge in [0, 0.05) is 4.90 Å². The molecule has 2 amide bonds. The predicted molar refractivity (Wildman–Crippen MR) is 181 cm³/mol. The lowest BCUT2D eigenvalue weighted by molar-refractivity contribution is -0.627. The number of carbonyl (C=O) groups excluding carboxylic acids is 2. The predicted octanol–water partition coefficient (Wildman–Crippen LogP) is 3.88. The average molecular weight is 667 g/mol. The molecule has 47 heavy (non-hydrogen) atoms. The normalized spacial score (nSPS) is 28.4. The molecule has 2 aromatic rings. The molecule has 0 radical (unpaired) electrons. The average Bonchev–Trinajstić information content (AvgIpc) is 3.72. The highest BCUT2D eigenvalue weighted by Crippen LogP contribution is 2.65. The molecule has 254 valence electrons. The van der Waals surface area contributed by atoms with Crippen LogP contribution in [0, 0.1) is 33.3 Å².